The van der Waals surface area contributed by atoms with E-state index in [-0.39, 0.29) is 5.39 Å². The summed E-state index contributed by atoms with van der Waals surface area (Å²) in [5.74, 6) is -6.10. The molecule has 1 heterocycles. The van der Waals surface area contributed by atoms with E-state index in [0.717, 1.165) is 6.07 Å². The summed E-state index contributed by atoms with van der Waals surface area (Å²) in [5.41, 5.74) is -5.99. The predicted octanol–water partition coefficient (Wildman–Crippen LogP) is 4.13. The van der Waals surface area contributed by atoms with Crippen LogP contribution in [0.4, 0.5) is 26.3 Å². The maximum absolute atomic E-state index is 14.3. The topological polar surface area (TPSA) is 92.3 Å². The number of fused-ring (bicyclic) bond motifs is 1. The second-order valence-electron chi connectivity index (χ2n) is 6.68. The van der Waals surface area contributed by atoms with Crippen molar-refractivity contribution in [2.45, 2.75) is 30.4 Å². The van der Waals surface area contributed by atoms with Crippen LogP contribution < -0.4 is 4.74 Å². The van der Waals surface area contributed by atoms with Crippen molar-refractivity contribution in [2.75, 3.05) is 0 Å². The largest absolute Gasteiger partial charge is 0.501 e. The van der Waals surface area contributed by atoms with E-state index in [1.54, 1.807) is 0 Å². The highest BCUT2D eigenvalue weighted by Crippen LogP contribution is 2.39. The van der Waals surface area contributed by atoms with Crippen molar-refractivity contribution < 1.29 is 44.6 Å². The number of benzene rings is 1. The van der Waals surface area contributed by atoms with Crippen molar-refractivity contribution in [3.8, 4) is 5.75 Å². The van der Waals surface area contributed by atoms with E-state index in [1.165, 1.54) is 12.3 Å². The summed E-state index contributed by atoms with van der Waals surface area (Å²) < 4.78 is 111. The third kappa shape index (κ3) is 4.32. The third-order valence-corrected chi connectivity index (χ3v) is 6.09. The Morgan fingerprint density at radius 3 is 2.58 bits per heavy atom. The van der Waals surface area contributed by atoms with E-state index >= 15 is 0 Å². The molecule has 1 aromatic carbocycles. The van der Waals surface area contributed by atoms with Gasteiger partial charge in [0.1, 0.15) is 11.9 Å². The fourth-order valence-corrected chi connectivity index (χ4v) is 3.74. The second kappa shape index (κ2) is 7.71. The fourth-order valence-electron chi connectivity index (χ4n) is 2.82. The van der Waals surface area contributed by atoms with E-state index in [1.807, 2.05) is 0 Å². The molecule has 0 bridgehead atoms. The first kappa shape index (κ1) is 22.9. The van der Waals surface area contributed by atoms with Gasteiger partial charge in [-0.2, -0.15) is 18.3 Å². The van der Waals surface area contributed by atoms with Crippen LogP contribution in [-0.4, -0.2) is 41.3 Å². The molecule has 0 amide bonds. The maximum atomic E-state index is 14.3. The highest BCUT2D eigenvalue weighted by atomic mass is 32.2. The van der Waals surface area contributed by atoms with Crippen LogP contribution in [0.2, 0.25) is 0 Å². The monoisotopic (exact) mass is 468 g/mol. The zero-order valence-corrected chi connectivity index (χ0v) is 16.2. The van der Waals surface area contributed by atoms with Crippen LogP contribution in [0.5, 0.6) is 5.75 Å². The summed E-state index contributed by atoms with van der Waals surface area (Å²) in [6, 6.07) is 2.29. The summed E-state index contributed by atoms with van der Waals surface area (Å²) in [6.45, 7) is 3.37. The van der Waals surface area contributed by atoms with Crippen LogP contribution in [0.1, 0.15) is 12.8 Å². The number of allylic oxidation sites excluding steroid dienone is 3. The lowest BCUT2D eigenvalue weighted by Gasteiger charge is -2.24. The molecule has 0 saturated heterocycles. The lowest BCUT2D eigenvalue weighted by Crippen LogP contribution is -2.36. The third-order valence-electron chi connectivity index (χ3n) is 4.49. The average Bonchev–Trinajstić information content (AvgIpc) is 3.12. The molecule has 6 nitrogen and oxygen atoms in total. The lowest BCUT2D eigenvalue weighted by molar-refractivity contribution is -0.105. The van der Waals surface area contributed by atoms with Gasteiger partial charge >= 0.3 is 5.51 Å². The number of aromatic nitrogens is 2. The van der Waals surface area contributed by atoms with E-state index in [0.29, 0.717) is 17.7 Å². The van der Waals surface area contributed by atoms with Crippen LogP contribution in [0.3, 0.4) is 0 Å². The van der Waals surface area contributed by atoms with Crippen molar-refractivity contribution in [2.24, 2.45) is 0 Å². The molecular formula is C18H14F6N2O4S. The van der Waals surface area contributed by atoms with E-state index in [4.69, 9.17) is 4.74 Å². The fraction of sp³-hybridized carbons (Fsp3) is 0.278. The average molecular weight is 468 g/mol. The van der Waals surface area contributed by atoms with Gasteiger partial charge in [0.25, 0.3) is 15.8 Å². The highest BCUT2D eigenvalue weighted by Gasteiger charge is 2.50. The molecule has 0 fully saturated rings. The molecule has 2 aromatic rings. The number of aliphatic hydroxyl groups excluding tert-OH is 1. The summed E-state index contributed by atoms with van der Waals surface area (Å²) in [5, 5.41) is 16.0. The Labute approximate surface area is 171 Å². The molecule has 0 aliphatic heterocycles. The molecule has 13 heteroatoms. The van der Waals surface area contributed by atoms with Gasteiger partial charge in [0.15, 0.2) is 11.6 Å². The van der Waals surface area contributed by atoms with Crippen LogP contribution in [0.25, 0.3) is 10.9 Å². The van der Waals surface area contributed by atoms with Crippen LogP contribution in [-0.2, 0) is 9.84 Å². The molecule has 1 unspecified atom stereocenters. The number of ether oxygens (including phenoxy) is 1. The van der Waals surface area contributed by atoms with E-state index in [9.17, 15) is 39.9 Å². The number of hydrogen-bond acceptors (Lipinski definition) is 5. The van der Waals surface area contributed by atoms with Crippen LogP contribution in [0, 0.1) is 5.82 Å². The van der Waals surface area contributed by atoms with Crippen molar-refractivity contribution >= 4 is 20.7 Å². The van der Waals surface area contributed by atoms with Gasteiger partial charge in [0.05, 0.1) is 22.0 Å². The zero-order chi connectivity index (χ0) is 23.2. The molecule has 1 aliphatic rings. The Morgan fingerprint density at radius 2 is 1.94 bits per heavy atom. The van der Waals surface area contributed by atoms with Gasteiger partial charge in [0, 0.05) is 12.8 Å². The highest BCUT2D eigenvalue weighted by molar-refractivity contribution is 7.96. The molecular weight excluding hydrogens is 454 g/mol. The number of hydrogen-bond donors (Lipinski definition) is 2. The number of rotatable bonds is 3. The molecule has 1 aromatic heterocycles. The SMILES string of the molecule is C=C1CC(F)(F)C(O)C/C(S(=O)(=O)C(F)(F)F)=C\C=C1Oc1c(F)ccc2[nH]ncc12. The minimum Gasteiger partial charge on any atom is -0.453 e. The van der Waals surface area contributed by atoms with Crippen molar-refractivity contribution in [3.63, 3.8) is 0 Å². The van der Waals surface area contributed by atoms with Gasteiger partial charge in [-0.15, -0.1) is 0 Å². The van der Waals surface area contributed by atoms with Crippen molar-refractivity contribution in [3.05, 3.63) is 59.1 Å². The van der Waals surface area contributed by atoms with Gasteiger partial charge in [-0.05, 0) is 29.9 Å². The molecule has 2 N–H and O–H groups in total. The standard InChI is InChI=1S/C18H14F6N2O4S/c1-9-7-17(20,21)15(27)6-10(31(28,29)18(22,23)24)2-5-14(9)30-16-11-8-25-26-13(11)4-3-12(16)19/h2-5,8,15,27H,1,6-7H2,(H,25,26)/b10-2+,14-5?. The molecule has 0 spiro atoms. The summed E-state index contributed by atoms with van der Waals surface area (Å²) in [4.78, 5) is -1.51. The normalized spacial score (nSPS) is 22.2. The first-order chi connectivity index (χ1) is 14.2. The Kier molecular flexibility index (Phi) is 5.69. The van der Waals surface area contributed by atoms with Gasteiger partial charge in [-0.25, -0.2) is 21.6 Å². The molecule has 3 rings (SSSR count). The summed E-state index contributed by atoms with van der Waals surface area (Å²) in [6.07, 6.45) is -3.34. The molecule has 1 aliphatic carbocycles. The van der Waals surface area contributed by atoms with E-state index < -0.39 is 68.0 Å². The molecule has 31 heavy (non-hydrogen) atoms. The minimum absolute atomic E-state index is 0.0903. The smallest absolute Gasteiger partial charge is 0.453 e. The van der Waals surface area contributed by atoms with Gasteiger partial charge < -0.3 is 9.84 Å². The number of aliphatic hydroxyl groups is 1. The molecule has 1 atom stereocenters. The van der Waals surface area contributed by atoms with Crippen LogP contribution in [0.15, 0.2) is 53.3 Å². The number of nitrogens with one attached hydrogen (secondary N) is 1. The first-order valence-corrected chi connectivity index (χ1v) is 9.98. The van der Waals surface area contributed by atoms with E-state index in [2.05, 4.69) is 16.8 Å². The molecule has 0 saturated carbocycles. The predicted molar refractivity (Wildman–Crippen MR) is 97.1 cm³/mol. The quantitative estimate of drug-likeness (QED) is 0.661. The van der Waals surface area contributed by atoms with Gasteiger partial charge in [0.2, 0.25) is 0 Å². The second-order valence-corrected chi connectivity index (χ2v) is 8.68. The van der Waals surface area contributed by atoms with Crippen molar-refractivity contribution in [1.29, 1.82) is 0 Å². The first-order valence-electron chi connectivity index (χ1n) is 8.49. The van der Waals surface area contributed by atoms with Gasteiger partial charge in [-0.1, -0.05) is 6.58 Å². The lowest BCUT2D eigenvalue weighted by atomic mass is 10.0. The Hall–Kier alpha value is -2.80. The van der Waals surface area contributed by atoms with Gasteiger partial charge in [-0.3, -0.25) is 5.10 Å². The van der Waals surface area contributed by atoms with Crippen molar-refractivity contribution in [1.82, 2.24) is 10.2 Å². The summed E-state index contributed by atoms with van der Waals surface area (Å²) in [7, 11) is -6.04. The number of nitrogens with zero attached hydrogens (tertiary/aromatic N) is 1. The zero-order valence-electron chi connectivity index (χ0n) is 15.4. The Bertz CT molecular complexity index is 1200. The number of alkyl halides is 5. The number of H-pyrrole nitrogens is 1. The summed E-state index contributed by atoms with van der Waals surface area (Å²) >= 11 is 0. The Morgan fingerprint density at radius 1 is 1.26 bits per heavy atom. The number of aromatic amines is 1. The minimum atomic E-state index is -6.04. The molecule has 168 valence electrons. The number of halogens is 6. The molecule has 0 radical (unpaired) electrons. The Balaban J connectivity index is 2.14. The van der Waals surface area contributed by atoms with Crippen LogP contribution >= 0.6 is 0 Å². The maximum Gasteiger partial charge on any atom is 0.501 e. The number of sulfone groups is 1.